The average Bonchev–Trinajstić information content (AvgIpc) is 2.26. The average molecular weight is 232 g/mol. The van der Waals surface area contributed by atoms with Crippen LogP contribution in [0.3, 0.4) is 0 Å². The molecule has 78 valence electrons. The summed E-state index contributed by atoms with van der Waals surface area (Å²) in [6, 6.07) is 1.99. The summed E-state index contributed by atoms with van der Waals surface area (Å²) in [4.78, 5) is 10.5. The van der Waals surface area contributed by atoms with Crippen molar-refractivity contribution in [2.24, 2.45) is 0 Å². The van der Waals surface area contributed by atoms with E-state index in [9.17, 15) is 0 Å². The molecule has 0 aliphatic heterocycles. The topological polar surface area (TPSA) is 29.0 Å². The van der Waals surface area contributed by atoms with Crippen LogP contribution in [0.25, 0.3) is 0 Å². The van der Waals surface area contributed by atoms with Crippen LogP contribution in [0.4, 0.5) is 5.82 Å². The van der Waals surface area contributed by atoms with Crippen LogP contribution in [0.2, 0.25) is 0 Å². The quantitative estimate of drug-likeness (QED) is 0.442. The van der Waals surface area contributed by atoms with Crippen molar-refractivity contribution in [3.63, 3.8) is 0 Å². The second-order valence-corrected chi connectivity index (χ2v) is 3.89. The van der Waals surface area contributed by atoms with Crippen molar-refractivity contribution in [3.05, 3.63) is 12.4 Å². The Bertz CT molecular complexity index is 283. The fourth-order valence-corrected chi connectivity index (χ4v) is 1.73. The van der Waals surface area contributed by atoms with E-state index in [-0.39, 0.29) is 0 Å². The van der Waals surface area contributed by atoms with Crippen LogP contribution >= 0.6 is 23.4 Å². The van der Waals surface area contributed by atoms with E-state index in [0.29, 0.717) is 5.88 Å². The van der Waals surface area contributed by atoms with Crippen molar-refractivity contribution in [3.8, 4) is 0 Å². The van der Waals surface area contributed by atoms with Crippen LogP contribution < -0.4 is 4.90 Å². The first-order chi connectivity index (χ1) is 6.81. The molecule has 0 spiro atoms. The first kappa shape index (κ1) is 11.6. The minimum atomic E-state index is 0.618. The molecule has 0 amide bonds. The van der Waals surface area contributed by atoms with E-state index < -0.39 is 0 Å². The van der Waals surface area contributed by atoms with Gasteiger partial charge < -0.3 is 4.90 Å². The molecule has 0 N–H and O–H groups in total. The molecule has 0 aliphatic carbocycles. The standard InChI is InChI=1S/C9H14ClN3S/c1-3-13(5-4-10)8-6-9(14-2)12-7-11-8/h6-7H,3-5H2,1-2H3. The van der Waals surface area contributed by atoms with Crippen molar-refractivity contribution >= 4 is 29.2 Å². The molecular formula is C9H14ClN3S. The zero-order valence-corrected chi connectivity index (χ0v) is 9.98. The number of aromatic nitrogens is 2. The van der Waals surface area contributed by atoms with E-state index >= 15 is 0 Å². The van der Waals surface area contributed by atoms with Crippen LogP contribution in [0.1, 0.15) is 6.92 Å². The molecule has 0 unspecified atom stereocenters. The SMILES string of the molecule is CCN(CCCl)c1cc(SC)ncn1. The summed E-state index contributed by atoms with van der Waals surface area (Å²) in [6.07, 6.45) is 3.60. The number of thioether (sulfide) groups is 1. The lowest BCUT2D eigenvalue weighted by Gasteiger charge is -2.20. The number of hydrogen-bond donors (Lipinski definition) is 0. The molecule has 1 heterocycles. The molecule has 5 heteroatoms. The third-order valence-electron chi connectivity index (χ3n) is 1.90. The predicted octanol–water partition coefficient (Wildman–Crippen LogP) is 2.26. The van der Waals surface area contributed by atoms with Gasteiger partial charge in [0, 0.05) is 25.0 Å². The van der Waals surface area contributed by atoms with Gasteiger partial charge in [0.1, 0.15) is 17.2 Å². The molecule has 0 saturated heterocycles. The molecule has 0 fully saturated rings. The maximum atomic E-state index is 5.71. The first-order valence-corrected chi connectivity index (χ1v) is 6.24. The monoisotopic (exact) mass is 231 g/mol. The number of rotatable bonds is 5. The Hall–Kier alpha value is -0.480. The second-order valence-electron chi connectivity index (χ2n) is 2.69. The summed E-state index contributed by atoms with van der Waals surface area (Å²) in [5.74, 6) is 1.57. The van der Waals surface area contributed by atoms with Crippen molar-refractivity contribution in [1.29, 1.82) is 0 Å². The number of nitrogens with zero attached hydrogens (tertiary/aromatic N) is 3. The summed E-state index contributed by atoms with van der Waals surface area (Å²) in [7, 11) is 0. The third-order valence-corrected chi connectivity index (χ3v) is 2.71. The van der Waals surface area contributed by atoms with Crippen LogP contribution in [-0.4, -0.2) is 35.2 Å². The molecule has 0 atom stereocenters. The highest BCUT2D eigenvalue weighted by atomic mass is 35.5. The Kier molecular flexibility index (Phi) is 5.04. The highest BCUT2D eigenvalue weighted by molar-refractivity contribution is 7.98. The summed E-state index contributed by atoms with van der Waals surface area (Å²) >= 11 is 7.33. The van der Waals surface area contributed by atoms with E-state index in [4.69, 9.17) is 11.6 Å². The van der Waals surface area contributed by atoms with Gasteiger partial charge in [0.25, 0.3) is 0 Å². The van der Waals surface area contributed by atoms with Crippen molar-refractivity contribution in [2.45, 2.75) is 11.9 Å². The van der Waals surface area contributed by atoms with Gasteiger partial charge in [0.15, 0.2) is 0 Å². The van der Waals surface area contributed by atoms with Crippen LogP contribution in [0, 0.1) is 0 Å². The second kappa shape index (κ2) is 6.09. The van der Waals surface area contributed by atoms with Gasteiger partial charge in [-0.1, -0.05) is 0 Å². The van der Waals surface area contributed by atoms with E-state index in [1.165, 1.54) is 0 Å². The van der Waals surface area contributed by atoms with Gasteiger partial charge in [0.05, 0.1) is 0 Å². The smallest absolute Gasteiger partial charge is 0.133 e. The number of halogens is 1. The van der Waals surface area contributed by atoms with Gasteiger partial charge in [-0.2, -0.15) is 0 Å². The number of alkyl halides is 1. The molecule has 1 rings (SSSR count). The van der Waals surface area contributed by atoms with Gasteiger partial charge in [-0.15, -0.1) is 23.4 Å². The maximum Gasteiger partial charge on any atom is 0.133 e. The fraction of sp³-hybridized carbons (Fsp3) is 0.556. The normalized spacial score (nSPS) is 10.2. The van der Waals surface area contributed by atoms with Crippen molar-refractivity contribution in [2.75, 3.05) is 30.1 Å². The summed E-state index contributed by atoms with van der Waals surface area (Å²) < 4.78 is 0. The molecule has 3 nitrogen and oxygen atoms in total. The Morgan fingerprint density at radius 1 is 1.50 bits per heavy atom. The Balaban J connectivity index is 2.80. The zero-order chi connectivity index (χ0) is 10.4. The van der Waals surface area contributed by atoms with Crippen molar-refractivity contribution < 1.29 is 0 Å². The van der Waals surface area contributed by atoms with Gasteiger partial charge >= 0.3 is 0 Å². The first-order valence-electron chi connectivity index (χ1n) is 4.48. The van der Waals surface area contributed by atoms with Gasteiger partial charge in [-0.3, -0.25) is 0 Å². The molecule has 14 heavy (non-hydrogen) atoms. The molecule has 0 saturated carbocycles. The lowest BCUT2D eigenvalue weighted by molar-refractivity contribution is 0.836. The Morgan fingerprint density at radius 3 is 2.86 bits per heavy atom. The molecule has 0 bridgehead atoms. The van der Waals surface area contributed by atoms with Crippen LogP contribution in [-0.2, 0) is 0 Å². The van der Waals surface area contributed by atoms with E-state index in [2.05, 4.69) is 21.8 Å². The molecule has 1 aromatic heterocycles. The lowest BCUT2D eigenvalue weighted by atomic mass is 10.4. The van der Waals surface area contributed by atoms with Crippen LogP contribution in [0.15, 0.2) is 17.4 Å². The lowest BCUT2D eigenvalue weighted by Crippen LogP contribution is -2.25. The number of anilines is 1. The fourth-order valence-electron chi connectivity index (χ4n) is 1.15. The molecule has 0 aliphatic rings. The summed E-state index contributed by atoms with van der Waals surface area (Å²) in [5, 5.41) is 0.989. The highest BCUT2D eigenvalue weighted by Gasteiger charge is 2.05. The molecule has 0 radical (unpaired) electrons. The van der Waals surface area contributed by atoms with E-state index in [1.54, 1.807) is 18.1 Å². The molecular weight excluding hydrogens is 218 g/mol. The van der Waals surface area contributed by atoms with E-state index in [0.717, 1.165) is 23.9 Å². The molecule has 0 aromatic carbocycles. The highest BCUT2D eigenvalue weighted by Crippen LogP contribution is 2.16. The predicted molar refractivity (Wildman–Crippen MR) is 62.4 cm³/mol. The maximum absolute atomic E-state index is 5.71. The van der Waals surface area contributed by atoms with Gasteiger partial charge in [-0.25, -0.2) is 9.97 Å². The largest absolute Gasteiger partial charge is 0.356 e. The van der Waals surface area contributed by atoms with Gasteiger partial charge in [0.2, 0.25) is 0 Å². The van der Waals surface area contributed by atoms with E-state index in [1.807, 2.05) is 12.3 Å². The van der Waals surface area contributed by atoms with Crippen molar-refractivity contribution in [1.82, 2.24) is 9.97 Å². The minimum Gasteiger partial charge on any atom is -0.356 e. The zero-order valence-electron chi connectivity index (χ0n) is 8.40. The minimum absolute atomic E-state index is 0.618. The van der Waals surface area contributed by atoms with Gasteiger partial charge in [-0.05, 0) is 13.2 Å². The summed E-state index contributed by atoms with van der Waals surface area (Å²) in [5.41, 5.74) is 0. The Morgan fingerprint density at radius 2 is 2.29 bits per heavy atom. The Labute approximate surface area is 93.9 Å². The number of hydrogen-bond acceptors (Lipinski definition) is 4. The van der Waals surface area contributed by atoms with Crippen LogP contribution in [0.5, 0.6) is 0 Å². The third kappa shape index (κ3) is 3.03. The summed E-state index contributed by atoms with van der Waals surface area (Å²) in [6.45, 7) is 3.83. The molecule has 1 aromatic rings.